The number of ether oxygens (including phenoxy) is 1. The van der Waals surface area contributed by atoms with Crippen LogP contribution in [0.5, 0.6) is 5.75 Å². The zero-order chi connectivity index (χ0) is 22.5. The predicted molar refractivity (Wildman–Crippen MR) is 120 cm³/mol. The van der Waals surface area contributed by atoms with E-state index in [2.05, 4.69) is 11.9 Å². The number of amides is 1. The highest BCUT2D eigenvalue weighted by atomic mass is 16.5. The quantitative estimate of drug-likeness (QED) is 0.285. The van der Waals surface area contributed by atoms with Crippen molar-refractivity contribution in [3.05, 3.63) is 65.0 Å². The van der Waals surface area contributed by atoms with Gasteiger partial charge in [-0.05, 0) is 53.8 Å². The summed E-state index contributed by atoms with van der Waals surface area (Å²) in [5.74, 6) is -0.509. The topological polar surface area (TPSA) is 79.7 Å². The van der Waals surface area contributed by atoms with Gasteiger partial charge >= 0.3 is 0 Å². The van der Waals surface area contributed by atoms with Crippen LogP contribution in [0.4, 0.5) is 0 Å². The van der Waals surface area contributed by atoms with Gasteiger partial charge < -0.3 is 14.7 Å². The summed E-state index contributed by atoms with van der Waals surface area (Å²) < 4.78 is 5.43. The van der Waals surface area contributed by atoms with E-state index in [0.29, 0.717) is 12.1 Å². The molecule has 1 aromatic carbocycles. The highest BCUT2D eigenvalue weighted by Crippen LogP contribution is 2.40. The summed E-state index contributed by atoms with van der Waals surface area (Å²) >= 11 is 0. The largest absolute Gasteiger partial charge is 0.507 e. The first-order valence-electron chi connectivity index (χ1n) is 10.8. The molecule has 1 aliphatic heterocycles. The summed E-state index contributed by atoms with van der Waals surface area (Å²) in [5.41, 5.74) is 2.29. The lowest BCUT2D eigenvalue weighted by molar-refractivity contribution is -0.139. The Labute approximate surface area is 183 Å². The van der Waals surface area contributed by atoms with Crippen LogP contribution in [0.15, 0.2) is 48.3 Å². The van der Waals surface area contributed by atoms with Crippen LogP contribution in [0, 0.1) is 0 Å². The number of aliphatic hydroxyl groups excluding tert-OH is 1. The molecule has 1 unspecified atom stereocenters. The van der Waals surface area contributed by atoms with E-state index in [1.54, 1.807) is 48.7 Å². The summed E-state index contributed by atoms with van der Waals surface area (Å²) in [7, 11) is 1.60. The lowest BCUT2D eigenvalue weighted by Gasteiger charge is -2.25. The number of ketones is 1. The van der Waals surface area contributed by atoms with Crippen molar-refractivity contribution < 1.29 is 19.4 Å². The third kappa shape index (κ3) is 4.48. The second kappa shape index (κ2) is 9.77. The number of methoxy groups -OCH3 is 1. The number of likely N-dealkylation sites (tertiary alicyclic amines) is 1. The number of carbonyl (C=O) groups is 2. The molecule has 1 aliphatic rings. The van der Waals surface area contributed by atoms with Gasteiger partial charge in [0.15, 0.2) is 0 Å². The van der Waals surface area contributed by atoms with Gasteiger partial charge in [0.05, 0.1) is 18.7 Å². The standard InChI is InChI=1S/C25H30N2O4/c1-5-6-7-14-27-22(17-10-12-26-13-11-17)21(24(29)25(27)30)23(28)18-8-9-20(31-4)19(15-18)16(2)3/h8-13,15-16,22,28H,5-7,14H2,1-4H3/b23-21-. The molecule has 31 heavy (non-hydrogen) atoms. The monoisotopic (exact) mass is 422 g/mol. The third-order valence-corrected chi connectivity index (χ3v) is 5.69. The Bertz CT molecular complexity index is 982. The van der Waals surface area contributed by atoms with Gasteiger partial charge in [-0.3, -0.25) is 14.6 Å². The van der Waals surface area contributed by atoms with Gasteiger partial charge in [0.1, 0.15) is 11.5 Å². The smallest absolute Gasteiger partial charge is 0.295 e. The highest BCUT2D eigenvalue weighted by Gasteiger charge is 2.45. The number of benzene rings is 1. The van der Waals surface area contributed by atoms with Crippen LogP contribution in [0.3, 0.4) is 0 Å². The molecule has 3 rings (SSSR count). The number of pyridine rings is 1. The molecule has 0 radical (unpaired) electrons. The van der Waals surface area contributed by atoms with Crippen molar-refractivity contribution in [3.8, 4) is 5.75 Å². The Morgan fingerprint density at radius 3 is 2.48 bits per heavy atom. The highest BCUT2D eigenvalue weighted by molar-refractivity contribution is 6.46. The molecule has 0 bridgehead atoms. The molecular formula is C25H30N2O4. The summed E-state index contributed by atoms with van der Waals surface area (Å²) in [4.78, 5) is 31.6. The van der Waals surface area contributed by atoms with Crippen molar-refractivity contribution in [3.63, 3.8) is 0 Å². The number of aromatic nitrogens is 1. The maximum Gasteiger partial charge on any atom is 0.295 e. The van der Waals surface area contributed by atoms with Crippen LogP contribution in [0.1, 0.15) is 68.7 Å². The minimum absolute atomic E-state index is 0.118. The molecule has 0 aliphatic carbocycles. The van der Waals surface area contributed by atoms with Crippen LogP contribution < -0.4 is 4.74 Å². The Balaban J connectivity index is 2.14. The molecule has 2 heterocycles. The first-order chi connectivity index (χ1) is 14.9. The fourth-order valence-corrected chi connectivity index (χ4v) is 4.02. The van der Waals surface area contributed by atoms with Gasteiger partial charge in [0.25, 0.3) is 11.7 Å². The number of carbonyl (C=O) groups excluding carboxylic acids is 2. The van der Waals surface area contributed by atoms with Crippen molar-refractivity contribution >= 4 is 17.4 Å². The van der Waals surface area contributed by atoms with Crippen LogP contribution in [0.25, 0.3) is 5.76 Å². The van der Waals surface area contributed by atoms with Gasteiger partial charge in [-0.2, -0.15) is 0 Å². The maximum absolute atomic E-state index is 13.0. The minimum Gasteiger partial charge on any atom is -0.507 e. The molecule has 1 saturated heterocycles. The zero-order valence-corrected chi connectivity index (χ0v) is 18.6. The molecular weight excluding hydrogens is 392 g/mol. The molecule has 6 heteroatoms. The first-order valence-corrected chi connectivity index (χ1v) is 10.8. The second-order valence-electron chi connectivity index (χ2n) is 8.09. The Kier molecular flexibility index (Phi) is 7.10. The molecule has 6 nitrogen and oxygen atoms in total. The third-order valence-electron chi connectivity index (χ3n) is 5.69. The van der Waals surface area contributed by atoms with Crippen LogP contribution >= 0.6 is 0 Å². The van der Waals surface area contributed by atoms with Crippen molar-refractivity contribution in [1.82, 2.24) is 9.88 Å². The van der Waals surface area contributed by atoms with Crippen molar-refractivity contribution in [1.29, 1.82) is 0 Å². The molecule has 0 spiro atoms. The molecule has 1 N–H and O–H groups in total. The summed E-state index contributed by atoms with van der Waals surface area (Å²) in [6.45, 7) is 6.61. The molecule has 1 atom stereocenters. The second-order valence-corrected chi connectivity index (χ2v) is 8.09. The predicted octanol–water partition coefficient (Wildman–Crippen LogP) is 4.83. The number of Topliss-reactive ketones (excluding diaryl/α,β-unsaturated/α-hetero) is 1. The van der Waals surface area contributed by atoms with Crippen LogP contribution in [0.2, 0.25) is 0 Å². The summed E-state index contributed by atoms with van der Waals surface area (Å²) in [6.07, 6.45) is 6.03. The van der Waals surface area contributed by atoms with E-state index in [0.717, 1.165) is 36.1 Å². The number of rotatable bonds is 8. The Morgan fingerprint density at radius 2 is 1.87 bits per heavy atom. The number of unbranched alkanes of at least 4 members (excludes halogenated alkanes) is 2. The van der Waals surface area contributed by atoms with Gasteiger partial charge in [0.2, 0.25) is 0 Å². The van der Waals surface area contributed by atoms with Gasteiger partial charge in [-0.15, -0.1) is 0 Å². The van der Waals surface area contributed by atoms with E-state index in [1.807, 2.05) is 19.9 Å². The van der Waals surface area contributed by atoms with Crippen molar-refractivity contribution in [2.24, 2.45) is 0 Å². The lowest BCUT2D eigenvalue weighted by atomic mass is 9.93. The van der Waals surface area contributed by atoms with Crippen LogP contribution in [-0.2, 0) is 9.59 Å². The maximum atomic E-state index is 13.0. The molecule has 164 valence electrons. The summed E-state index contributed by atoms with van der Waals surface area (Å²) in [5, 5.41) is 11.2. The van der Waals surface area contributed by atoms with E-state index in [1.165, 1.54) is 0 Å². The van der Waals surface area contributed by atoms with E-state index in [9.17, 15) is 14.7 Å². The average molecular weight is 423 g/mol. The lowest BCUT2D eigenvalue weighted by Crippen LogP contribution is -2.30. The normalized spacial score (nSPS) is 18.1. The van der Waals surface area contributed by atoms with E-state index in [-0.39, 0.29) is 17.3 Å². The zero-order valence-electron chi connectivity index (χ0n) is 18.6. The molecule has 2 aromatic rings. The molecule has 0 saturated carbocycles. The molecule has 1 amide bonds. The number of hydrogen-bond donors (Lipinski definition) is 1. The van der Waals surface area contributed by atoms with E-state index < -0.39 is 17.7 Å². The minimum atomic E-state index is -0.655. The van der Waals surface area contributed by atoms with Gasteiger partial charge in [-0.1, -0.05) is 33.6 Å². The Morgan fingerprint density at radius 1 is 1.16 bits per heavy atom. The number of aliphatic hydroxyl groups is 1. The van der Waals surface area contributed by atoms with Gasteiger partial charge in [-0.25, -0.2) is 0 Å². The van der Waals surface area contributed by atoms with Gasteiger partial charge in [0, 0.05) is 24.5 Å². The average Bonchev–Trinajstić information content (AvgIpc) is 3.03. The summed E-state index contributed by atoms with van der Waals surface area (Å²) in [6, 6.07) is 8.25. The van der Waals surface area contributed by atoms with E-state index >= 15 is 0 Å². The Hall–Kier alpha value is -3.15. The van der Waals surface area contributed by atoms with Crippen molar-refractivity contribution in [2.45, 2.75) is 52.0 Å². The number of nitrogens with zero attached hydrogens (tertiary/aromatic N) is 2. The molecule has 1 fully saturated rings. The molecule has 1 aromatic heterocycles. The first kappa shape index (κ1) is 22.5. The van der Waals surface area contributed by atoms with Crippen molar-refractivity contribution in [2.75, 3.05) is 13.7 Å². The fraction of sp³-hybridized carbons (Fsp3) is 0.400. The van der Waals surface area contributed by atoms with Crippen LogP contribution in [-0.4, -0.2) is 40.3 Å². The van der Waals surface area contributed by atoms with E-state index in [4.69, 9.17) is 4.74 Å². The SMILES string of the molecule is CCCCCN1C(=O)C(=O)/C(=C(\O)c2ccc(OC)c(C(C)C)c2)C1c1ccncc1. The fourth-order valence-electron chi connectivity index (χ4n) is 4.02. The number of hydrogen-bond acceptors (Lipinski definition) is 5.